The number of fused-ring (bicyclic) bond motifs is 1. The van der Waals surface area contributed by atoms with Crippen molar-refractivity contribution in [3.63, 3.8) is 0 Å². The number of aliphatic hydroxyl groups is 1. The van der Waals surface area contributed by atoms with Crippen LogP contribution in [0.2, 0.25) is 5.02 Å². The number of carbonyl (C=O) groups excluding carboxylic acids is 1. The topological polar surface area (TPSA) is 104 Å². The predicted octanol–water partition coefficient (Wildman–Crippen LogP) is 4.04. The molecule has 0 radical (unpaired) electrons. The number of hydrogen-bond acceptors (Lipinski definition) is 6. The van der Waals surface area contributed by atoms with Crippen molar-refractivity contribution in [2.45, 2.75) is 19.1 Å². The van der Waals surface area contributed by atoms with Gasteiger partial charge in [-0.25, -0.2) is 0 Å². The van der Waals surface area contributed by atoms with Crippen molar-refractivity contribution >= 4 is 28.4 Å². The standard InChI is InChI=1S/C30H32ClN3O5/c1-33(18-27(36)21-7-11-26(35)28(15-21)39-3)13-12-19-6-10-25-23(14-19)29(37)24(17-34(25)2)30(38)32-16-20-4-8-22(31)9-5-20/h4-11,14-15,17,27,35-36H,12-13,16,18H2,1-3H3,(H,32,38). The molecule has 1 heterocycles. The number of nitrogens with one attached hydrogen (secondary N) is 1. The summed E-state index contributed by atoms with van der Waals surface area (Å²) in [6.07, 6.45) is 1.45. The number of carbonyl (C=O) groups is 1. The van der Waals surface area contributed by atoms with Crippen LogP contribution in [0.3, 0.4) is 0 Å². The van der Waals surface area contributed by atoms with Crippen molar-refractivity contribution < 1.29 is 19.7 Å². The van der Waals surface area contributed by atoms with E-state index in [1.54, 1.807) is 35.0 Å². The summed E-state index contributed by atoms with van der Waals surface area (Å²) >= 11 is 5.92. The lowest BCUT2D eigenvalue weighted by Crippen LogP contribution is -2.29. The van der Waals surface area contributed by atoms with Crippen LogP contribution in [-0.4, -0.2) is 52.8 Å². The van der Waals surface area contributed by atoms with Crippen LogP contribution in [0.1, 0.15) is 33.2 Å². The Kier molecular flexibility index (Phi) is 8.91. The number of phenols is 1. The molecule has 1 unspecified atom stereocenters. The van der Waals surface area contributed by atoms with Gasteiger partial charge in [-0.3, -0.25) is 9.59 Å². The zero-order valence-electron chi connectivity index (χ0n) is 22.1. The summed E-state index contributed by atoms with van der Waals surface area (Å²) < 4.78 is 6.91. The SMILES string of the molecule is COc1cc(C(O)CN(C)CCc2ccc3c(c2)c(=O)c(C(=O)NCc2ccc(Cl)cc2)cn3C)ccc1O. The first-order valence-corrected chi connectivity index (χ1v) is 12.9. The Bertz CT molecular complexity index is 1530. The van der Waals surface area contributed by atoms with Crippen LogP contribution < -0.4 is 15.5 Å². The fourth-order valence-corrected chi connectivity index (χ4v) is 4.58. The van der Waals surface area contributed by atoms with Gasteiger partial charge in [-0.05, 0) is 66.6 Å². The van der Waals surface area contributed by atoms with Gasteiger partial charge in [-0.15, -0.1) is 0 Å². The van der Waals surface area contributed by atoms with Crippen LogP contribution >= 0.6 is 11.6 Å². The van der Waals surface area contributed by atoms with Crippen LogP contribution in [0.25, 0.3) is 10.9 Å². The number of amides is 1. The second-order valence-corrected chi connectivity index (χ2v) is 10.0. The summed E-state index contributed by atoms with van der Waals surface area (Å²) in [6.45, 7) is 1.30. The van der Waals surface area contributed by atoms with Crippen LogP contribution in [0.5, 0.6) is 11.5 Å². The van der Waals surface area contributed by atoms with E-state index in [-0.39, 0.29) is 23.3 Å². The van der Waals surface area contributed by atoms with Crippen molar-refractivity contribution in [2.24, 2.45) is 7.05 Å². The molecule has 39 heavy (non-hydrogen) atoms. The fraction of sp³-hybridized carbons (Fsp3) is 0.267. The molecule has 4 rings (SSSR count). The third-order valence-electron chi connectivity index (χ3n) is 6.72. The highest BCUT2D eigenvalue weighted by molar-refractivity contribution is 6.30. The number of aromatic nitrogens is 1. The van der Waals surface area contributed by atoms with Gasteiger partial charge in [0.05, 0.1) is 18.7 Å². The number of aliphatic hydroxyl groups excluding tert-OH is 1. The maximum atomic E-state index is 13.3. The van der Waals surface area contributed by atoms with E-state index in [0.29, 0.717) is 41.2 Å². The highest BCUT2D eigenvalue weighted by Crippen LogP contribution is 2.29. The Morgan fingerprint density at radius 1 is 1.10 bits per heavy atom. The van der Waals surface area contributed by atoms with Gasteiger partial charge < -0.3 is 29.7 Å². The molecule has 204 valence electrons. The number of hydrogen-bond donors (Lipinski definition) is 3. The average Bonchev–Trinajstić information content (AvgIpc) is 2.93. The molecule has 0 saturated heterocycles. The highest BCUT2D eigenvalue weighted by atomic mass is 35.5. The monoisotopic (exact) mass is 549 g/mol. The Morgan fingerprint density at radius 3 is 2.54 bits per heavy atom. The van der Waals surface area contributed by atoms with E-state index in [4.69, 9.17) is 16.3 Å². The van der Waals surface area contributed by atoms with Crippen molar-refractivity contribution in [3.05, 3.63) is 104 Å². The Balaban J connectivity index is 1.44. The maximum Gasteiger partial charge on any atom is 0.257 e. The molecule has 0 bridgehead atoms. The molecule has 9 heteroatoms. The quantitative estimate of drug-likeness (QED) is 0.276. The minimum atomic E-state index is -0.762. The van der Waals surface area contributed by atoms with Gasteiger partial charge in [0.2, 0.25) is 5.43 Å². The van der Waals surface area contributed by atoms with Crippen molar-refractivity contribution in [1.82, 2.24) is 14.8 Å². The molecule has 3 aromatic carbocycles. The summed E-state index contributed by atoms with van der Waals surface area (Å²) in [6, 6.07) is 17.6. The number of pyridine rings is 1. The molecule has 0 aliphatic heterocycles. The zero-order chi connectivity index (χ0) is 28.1. The molecule has 0 saturated carbocycles. The predicted molar refractivity (Wildman–Crippen MR) is 153 cm³/mol. The van der Waals surface area contributed by atoms with E-state index in [2.05, 4.69) is 5.32 Å². The first-order chi connectivity index (χ1) is 18.7. The number of rotatable bonds is 10. The number of methoxy groups -OCH3 is 1. The second-order valence-electron chi connectivity index (χ2n) is 9.60. The van der Waals surface area contributed by atoms with Gasteiger partial charge in [0, 0.05) is 43.3 Å². The number of ether oxygens (including phenoxy) is 1. The summed E-state index contributed by atoms with van der Waals surface area (Å²) in [5.74, 6) is -0.103. The molecule has 3 N–H and O–H groups in total. The van der Waals surface area contributed by atoms with Crippen LogP contribution in [0.15, 0.2) is 71.7 Å². The van der Waals surface area contributed by atoms with E-state index in [1.807, 2.05) is 49.3 Å². The molecule has 1 aromatic heterocycles. The number of phenolic OH excluding ortho intramolecular Hbond substituents is 1. The van der Waals surface area contributed by atoms with Crippen LogP contribution in [0.4, 0.5) is 0 Å². The number of aryl methyl sites for hydroxylation is 1. The molecular weight excluding hydrogens is 518 g/mol. The van der Waals surface area contributed by atoms with E-state index in [9.17, 15) is 19.8 Å². The summed E-state index contributed by atoms with van der Waals surface area (Å²) in [7, 11) is 5.18. The highest BCUT2D eigenvalue weighted by Gasteiger charge is 2.16. The molecule has 8 nitrogen and oxygen atoms in total. The molecule has 1 atom stereocenters. The van der Waals surface area contributed by atoms with E-state index in [0.717, 1.165) is 16.6 Å². The molecule has 0 aliphatic carbocycles. The van der Waals surface area contributed by atoms with Crippen molar-refractivity contribution in [1.29, 1.82) is 0 Å². The van der Waals surface area contributed by atoms with Gasteiger partial charge in [-0.2, -0.15) is 0 Å². The van der Waals surface area contributed by atoms with Crippen LogP contribution in [-0.2, 0) is 20.0 Å². The molecule has 0 spiro atoms. The molecule has 0 fully saturated rings. The fourth-order valence-electron chi connectivity index (χ4n) is 4.45. The summed E-state index contributed by atoms with van der Waals surface area (Å²) in [4.78, 5) is 28.2. The van der Waals surface area contributed by atoms with Gasteiger partial charge in [0.25, 0.3) is 5.91 Å². The van der Waals surface area contributed by atoms with Crippen molar-refractivity contribution in [2.75, 3.05) is 27.2 Å². The Morgan fingerprint density at radius 2 is 1.82 bits per heavy atom. The maximum absolute atomic E-state index is 13.3. The largest absolute Gasteiger partial charge is 0.504 e. The third kappa shape index (κ3) is 6.78. The minimum absolute atomic E-state index is 0.0199. The lowest BCUT2D eigenvalue weighted by molar-refractivity contribution is 0.0949. The Labute approximate surface area is 232 Å². The normalized spacial score (nSPS) is 12.1. The number of likely N-dealkylation sites (N-methyl/N-ethyl adjacent to an activating group) is 1. The van der Waals surface area contributed by atoms with Gasteiger partial charge in [-0.1, -0.05) is 35.9 Å². The second kappa shape index (κ2) is 12.3. The van der Waals surface area contributed by atoms with E-state index < -0.39 is 12.0 Å². The number of aromatic hydroxyl groups is 1. The lowest BCUT2D eigenvalue weighted by Gasteiger charge is -2.21. The van der Waals surface area contributed by atoms with Gasteiger partial charge >= 0.3 is 0 Å². The zero-order valence-corrected chi connectivity index (χ0v) is 22.9. The third-order valence-corrected chi connectivity index (χ3v) is 6.97. The molecule has 0 aliphatic rings. The first-order valence-electron chi connectivity index (χ1n) is 12.5. The van der Waals surface area contributed by atoms with E-state index >= 15 is 0 Å². The van der Waals surface area contributed by atoms with Crippen molar-refractivity contribution in [3.8, 4) is 11.5 Å². The summed E-state index contributed by atoms with van der Waals surface area (Å²) in [5, 5.41) is 24.3. The molecular formula is C30H32ClN3O5. The van der Waals surface area contributed by atoms with Crippen LogP contribution in [0, 0.1) is 0 Å². The average molecular weight is 550 g/mol. The Hall–Kier alpha value is -3.85. The van der Waals surface area contributed by atoms with Gasteiger partial charge in [0.1, 0.15) is 5.56 Å². The summed E-state index contributed by atoms with van der Waals surface area (Å²) in [5.41, 5.74) is 2.98. The van der Waals surface area contributed by atoms with Gasteiger partial charge in [0.15, 0.2) is 11.5 Å². The number of halogens is 1. The lowest BCUT2D eigenvalue weighted by atomic mass is 10.0. The number of benzene rings is 3. The first kappa shape index (κ1) is 28.2. The molecule has 1 amide bonds. The van der Waals surface area contributed by atoms with E-state index in [1.165, 1.54) is 13.2 Å². The molecule has 4 aromatic rings. The minimum Gasteiger partial charge on any atom is -0.504 e. The smallest absolute Gasteiger partial charge is 0.257 e. The number of nitrogens with zero attached hydrogens (tertiary/aromatic N) is 2.